The first-order valence-corrected chi connectivity index (χ1v) is 7.04. The number of fused-ring (bicyclic) bond motifs is 1. The largest absolute Gasteiger partial charge is 0.504 e. The highest BCUT2D eigenvalue weighted by Crippen LogP contribution is 2.48. The van der Waals surface area contributed by atoms with E-state index in [1.165, 1.54) is 7.11 Å². The van der Waals surface area contributed by atoms with Crippen LogP contribution in [0.2, 0.25) is 0 Å². The average molecular weight is 302 g/mol. The maximum Gasteiger partial charge on any atom is 0.231 e. The summed E-state index contributed by atoms with van der Waals surface area (Å²) in [4.78, 5) is 0. The van der Waals surface area contributed by atoms with Crippen LogP contribution in [-0.4, -0.2) is 26.1 Å². The lowest BCUT2D eigenvalue weighted by molar-refractivity contribution is 0.171. The Bertz CT molecular complexity index is 681. The number of benzene rings is 2. The van der Waals surface area contributed by atoms with Gasteiger partial charge in [-0.1, -0.05) is 12.1 Å². The fourth-order valence-corrected chi connectivity index (χ4v) is 2.54. The standard InChI is InChI=1S/C17H18O5/c1-19-13-5-3-4-11(8-13)6-7-12-9-14-16(22-10-21-14)17(20-2)15(12)18/h3-5,8-9,18H,6-7,10H2,1-2H3. The summed E-state index contributed by atoms with van der Waals surface area (Å²) in [5.41, 5.74) is 1.90. The Balaban J connectivity index is 1.83. The smallest absolute Gasteiger partial charge is 0.231 e. The van der Waals surface area contributed by atoms with Gasteiger partial charge in [0.1, 0.15) is 5.75 Å². The molecule has 0 aromatic heterocycles. The minimum atomic E-state index is 0.106. The van der Waals surface area contributed by atoms with Gasteiger partial charge in [-0.15, -0.1) is 0 Å². The first-order chi connectivity index (χ1) is 10.7. The zero-order chi connectivity index (χ0) is 15.5. The second-order valence-corrected chi connectivity index (χ2v) is 5.00. The predicted molar refractivity (Wildman–Crippen MR) is 81.2 cm³/mol. The minimum absolute atomic E-state index is 0.106. The first kappa shape index (κ1) is 14.4. The Hall–Kier alpha value is -2.56. The SMILES string of the molecule is COc1cccc(CCc2cc3c(c(OC)c2O)OCO3)c1. The molecule has 0 saturated carbocycles. The summed E-state index contributed by atoms with van der Waals surface area (Å²) < 4.78 is 21.2. The highest BCUT2D eigenvalue weighted by Gasteiger charge is 2.24. The van der Waals surface area contributed by atoms with Gasteiger partial charge in [0.2, 0.25) is 18.3 Å². The summed E-state index contributed by atoms with van der Waals surface area (Å²) in [5, 5.41) is 10.3. The molecule has 116 valence electrons. The summed E-state index contributed by atoms with van der Waals surface area (Å²) >= 11 is 0. The molecule has 1 N–H and O–H groups in total. The third kappa shape index (κ3) is 2.62. The van der Waals surface area contributed by atoms with Crippen LogP contribution in [0, 0.1) is 0 Å². The van der Waals surface area contributed by atoms with Gasteiger partial charge in [-0.3, -0.25) is 0 Å². The van der Waals surface area contributed by atoms with Gasteiger partial charge in [-0.05, 0) is 36.6 Å². The van der Waals surface area contributed by atoms with Gasteiger partial charge in [0.25, 0.3) is 0 Å². The maximum absolute atomic E-state index is 10.3. The van der Waals surface area contributed by atoms with Crippen molar-refractivity contribution in [3.8, 4) is 28.7 Å². The summed E-state index contributed by atoms with van der Waals surface area (Å²) in [6, 6.07) is 9.68. The molecule has 0 unspecified atom stereocenters. The van der Waals surface area contributed by atoms with Crippen molar-refractivity contribution in [1.82, 2.24) is 0 Å². The summed E-state index contributed by atoms with van der Waals surface area (Å²) in [6.45, 7) is 0.143. The molecule has 0 saturated heterocycles. The number of hydrogen-bond acceptors (Lipinski definition) is 5. The number of phenols is 1. The quantitative estimate of drug-likeness (QED) is 0.920. The molecule has 2 aromatic rings. The van der Waals surface area contributed by atoms with Gasteiger partial charge < -0.3 is 24.1 Å². The molecular weight excluding hydrogens is 284 g/mol. The molecule has 3 rings (SSSR count). The van der Waals surface area contributed by atoms with Crippen LogP contribution in [0.25, 0.3) is 0 Å². The van der Waals surface area contributed by atoms with Crippen molar-refractivity contribution >= 4 is 0 Å². The van der Waals surface area contributed by atoms with Gasteiger partial charge in [0.05, 0.1) is 14.2 Å². The number of hydrogen-bond donors (Lipinski definition) is 1. The van der Waals surface area contributed by atoms with E-state index in [1.54, 1.807) is 13.2 Å². The van der Waals surface area contributed by atoms with Crippen LogP contribution < -0.4 is 18.9 Å². The van der Waals surface area contributed by atoms with E-state index in [4.69, 9.17) is 18.9 Å². The van der Waals surface area contributed by atoms with E-state index in [-0.39, 0.29) is 12.5 Å². The van der Waals surface area contributed by atoms with Crippen molar-refractivity contribution in [1.29, 1.82) is 0 Å². The predicted octanol–water partition coefficient (Wildman–Crippen LogP) is 2.92. The molecule has 2 aromatic carbocycles. The van der Waals surface area contributed by atoms with Crippen LogP contribution in [0.3, 0.4) is 0 Å². The molecule has 0 amide bonds. The molecule has 1 heterocycles. The molecule has 5 heteroatoms. The molecular formula is C17H18O5. The fraction of sp³-hybridized carbons (Fsp3) is 0.294. The second kappa shape index (κ2) is 6.05. The number of methoxy groups -OCH3 is 2. The topological polar surface area (TPSA) is 57.2 Å². The van der Waals surface area contributed by atoms with Crippen LogP contribution in [0.1, 0.15) is 11.1 Å². The van der Waals surface area contributed by atoms with Crippen molar-refractivity contribution < 1.29 is 24.1 Å². The Morgan fingerprint density at radius 3 is 2.73 bits per heavy atom. The zero-order valence-corrected chi connectivity index (χ0v) is 12.6. The zero-order valence-electron chi connectivity index (χ0n) is 12.6. The van der Waals surface area contributed by atoms with Gasteiger partial charge in [0.15, 0.2) is 11.5 Å². The molecule has 0 atom stereocenters. The van der Waals surface area contributed by atoms with Crippen LogP contribution in [0.15, 0.2) is 30.3 Å². The fourth-order valence-electron chi connectivity index (χ4n) is 2.54. The van der Waals surface area contributed by atoms with E-state index < -0.39 is 0 Å². The van der Waals surface area contributed by atoms with Crippen LogP contribution in [-0.2, 0) is 12.8 Å². The summed E-state index contributed by atoms with van der Waals surface area (Å²) in [7, 11) is 3.15. The molecule has 0 fully saturated rings. The van der Waals surface area contributed by atoms with Gasteiger partial charge in [-0.2, -0.15) is 0 Å². The lowest BCUT2D eigenvalue weighted by atomic mass is 10.0. The highest BCUT2D eigenvalue weighted by atomic mass is 16.7. The Morgan fingerprint density at radius 1 is 1.09 bits per heavy atom. The number of aryl methyl sites for hydroxylation is 2. The third-order valence-corrected chi connectivity index (χ3v) is 3.69. The van der Waals surface area contributed by atoms with Crippen LogP contribution >= 0.6 is 0 Å². The molecule has 5 nitrogen and oxygen atoms in total. The Morgan fingerprint density at radius 2 is 1.95 bits per heavy atom. The Labute approximate surface area is 129 Å². The van der Waals surface area contributed by atoms with E-state index in [2.05, 4.69) is 0 Å². The van der Waals surface area contributed by atoms with Gasteiger partial charge in [-0.25, -0.2) is 0 Å². The van der Waals surface area contributed by atoms with Crippen molar-refractivity contribution in [3.63, 3.8) is 0 Å². The van der Waals surface area contributed by atoms with Crippen LogP contribution in [0.5, 0.6) is 28.7 Å². The van der Waals surface area contributed by atoms with Crippen molar-refractivity contribution in [2.45, 2.75) is 12.8 Å². The lowest BCUT2D eigenvalue weighted by Crippen LogP contribution is -1.96. The van der Waals surface area contributed by atoms with Crippen molar-refractivity contribution in [3.05, 3.63) is 41.5 Å². The van der Waals surface area contributed by atoms with E-state index in [9.17, 15) is 5.11 Å². The van der Waals surface area contributed by atoms with Crippen LogP contribution in [0.4, 0.5) is 0 Å². The monoisotopic (exact) mass is 302 g/mol. The highest BCUT2D eigenvalue weighted by molar-refractivity contribution is 5.63. The molecule has 1 aliphatic heterocycles. The van der Waals surface area contributed by atoms with E-state index in [0.29, 0.717) is 23.7 Å². The third-order valence-electron chi connectivity index (χ3n) is 3.69. The van der Waals surface area contributed by atoms with Gasteiger partial charge in [0, 0.05) is 5.56 Å². The molecule has 0 bridgehead atoms. The van der Waals surface area contributed by atoms with E-state index >= 15 is 0 Å². The van der Waals surface area contributed by atoms with Crippen molar-refractivity contribution in [2.75, 3.05) is 21.0 Å². The number of ether oxygens (including phenoxy) is 4. The number of rotatable bonds is 5. The van der Waals surface area contributed by atoms with Crippen molar-refractivity contribution in [2.24, 2.45) is 0 Å². The summed E-state index contributed by atoms with van der Waals surface area (Å²) in [6.07, 6.45) is 1.43. The summed E-state index contributed by atoms with van der Waals surface area (Å²) in [5.74, 6) is 2.33. The van der Waals surface area contributed by atoms with E-state index in [0.717, 1.165) is 23.3 Å². The number of aromatic hydroxyl groups is 1. The minimum Gasteiger partial charge on any atom is -0.504 e. The van der Waals surface area contributed by atoms with Gasteiger partial charge >= 0.3 is 0 Å². The second-order valence-electron chi connectivity index (χ2n) is 5.00. The average Bonchev–Trinajstić information content (AvgIpc) is 3.01. The molecule has 1 aliphatic rings. The molecule has 0 aliphatic carbocycles. The number of phenolic OH excluding ortho intramolecular Hbond substituents is 1. The first-order valence-electron chi connectivity index (χ1n) is 7.04. The van der Waals surface area contributed by atoms with E-state index in [1.807, 2.05) is 24.3 Å². The molecule has 0 spiro atoms. The molecule has 0 radical (unpaired) electrons. The molecule has 22 heavy (non-hydrogen) atoms. The maximum atomic E-state index is 10.3. The lowest BCUT2D eigenvalue weighted by Gasteiger charge is -2.12. The Kier molecular flexibility index (Phi) is 3.96. The normalized spacial score (nSPS) is 12.3.